The van der Waals surface area contributed by atoms with Gasteiger partial charge in [-0.1, -0.05) is 13.0 Å². The van der Waals surface area contributed by atoms with E-state index >= 15 is 0 Å². The third kappa shape index (κ3) is 2.80. The molecule has 1 heterocycles. The normalized spacial score (nSPS) is 30.0. The van der Waals surface area contributed by atoms with Crippen molar-refractivity contribution < 1.29 is 14.6 Å². The number of hydrogen-bond donors (Lipinski definition) is 1. The van der Waals surface area contributed by atoms with E-state index in [-0.39, 0.29) is 6.04 Å². The van der Waals surface area contributed by atoms with Gasteiger partial charge < -0.3 is 14.6 Å². The Morgan fingerprint density at radius 1 is 1.43 bits per heavy atom. The number of methoxy groups -OCH3 is 1. The van der Waals surface area contributed by atoms with Gasteiger partial charge in [-0.15, -0.1) is 0 Å². The lowest BCUT2D eigenvalue weighted by Gasteiger charge is -2.44. The number of aliphatic hydroxyl groups excluding tert-OH is 1. The molecule has 0 bridgehead atoms. The Morgan fingerprint density at radius 2 is 2.29 bits per heavy atom. The first-order valence-corrected chi connectivity index (χ1v) is 7.93. The van der Waals surface area contributed by atoms with E-state index in [0.717, 1.165) is 50.3 Å². The van der Waals surface area contributed by atoms with E-state index in [1.54, 1.807) is 7.11 Å². The van der Waals surface area contributed by atoms with Crippen LogP contribution in [0.3, 0.4) is 0 Å². The van der Waals surface area contributed by atoms with Crippen LogP contribution in [0.2, 0.25) is 0 Å². The molecule has 4 nitrogen and oxygen atoms in total. The van der Waals surface area contributed by atoms with Gasteiger partial charge in [-0.25, -0.2) is 0 Å². The molecular formula is C17H25NO3. The molecule has 1 aliphatic carbocycles. The number of ether oxygens (including phenoxy) is 2. The molecule has 0 saturated carbocycles. The van der Waals surface area contributed by atoms with Gasteiger partial charge >= 0.3 is 0 Å². The van der Waals surface area contributed by atoms with Gasteiger partial charge in [-0.3, -0.25) is 4.90 Å². The fourth-order valence-corrected chi connectivity index (χ4v) is 3.68. The van der Waals surface area contributed by atoms with Crippen LogP contribution in [0, 0.1) is 0 Å². The molecule has 4 heteroatoms. The number of morpholine rings is 1. The Morgan fingerprint density at radius 3 is 3.05 bits per heavy atom. The monoisotopic (exact) mass is 291 g/mol. The Kier molecular flexibility index (Phi) is 4.48. The van der Waals surface area contributed by atoms with E-state index < -0.39 is 6.10 Å². The van der Waals surface area contributed by atoms with E-state index in [9.17, 15) is 5.11 Å². The van der Waals surface area contributed by atoms with E-state index in [2.05, 4.69) is 17.9 Å². The average molecular weight is 291 g/mol. The molecule has 3 atom stereocenters. The van der Waals surface area contributed by atoms with E-state index in [0.29, 0.717) is 6.04 Å². The van der Waals surface area contributed by atoms with Crippen LogP contribution in [0.1, 0.15) is 37.0 Å². The lowest BCUT2D eigenvalue weighted by molar-refractivity contribution is -0.0657. The summed E-state index contributed by atoms with van der Waals surface area (Å²) in [5.74, 6) is 0.822. The molecule has 1 N–H and O–H groups in total. The third-order valence-corrected chi connectivity index (χ3v) is 4.92. The second-order valence-corrected chi connectivity index (χ2v) is 5.99. The molecule has 1 aromatic rings. The average Bonchev–Trinajstić information content (AvgIpc) is 2.55. The maximum absolute atomic E-state index is 10.9. The van der Waals surface area contributed by atoms with Crippen LogP contribution in [0.25, 0.3) is 0 Å². The third-order valence-electron chi connectivity index (χ3n) is 4.92. The first-order valence-electron chi connectivity index (χ1n) is 7.93. The SMILES string of the molecule is CCC1COCCN1C1CCc2ccc(OC)cc2C1O. The minimum Gasteiger partial charge on any atom is -0.497 e. The van der Waals surface area contributed by atoms with Gasteiger partial charge in [-0.2, -0.15) is 0 Å². The lowest BCUT2D eigenvalue weighted by Crippen LogP contribution is -2.53. The molecule has 0 radical (unpaired) electrons. The number of fused-ring (bicyclic) bond motifs is 1. The second kappa shape index (κ2) is 6.34. The van der Waals surface area contributed by atoms with Gasteiger partial charge in [-0.05, 0) is 42.5 Å². The highest BCUT2D eigenvalue weighted by Gasteiger charge is 2.36. The summed E-state index contributed by atoms with van der Waals surface area (Å²) in [5, 5.41) is 10.9. The molecule has 1 saturated heterocycles. The Balaban J connectivity index is 1.85. The minimum atomic E-state index is -0.434. The number of nitrogens with zero attached hydrogens (tertiary/aromatic N) is 1. The van der Waals surface area contributed by atoms with E-state index in [1.807, 2.05) is 12.1 Å². The highest BCUT2D eigenvalue weighted by Crippen LogP contribution is 2.36. The number of aryl methyl sites for hydroxylation is 1. The topological polar surface area (TPSA) is 41.9 Å². The van der Waals surface area contributed by atoms with Crippen molar-refractivity contribution in [2.75, 3.05) is 26.9 Å². The van der Waals surface area contributed by atoms with Crippen molar-refractivity contribution in [1.29, 1.82) is 0 Å². The quantitative estimate of drug-likeness (QED) is 0.926. The number of rotatable bonds is 3. The zero-order valence-corrected chi connectivity index (χ0v) is 12.9. The van der Waals surface area contributed by atoms with Crippen LogP contribution in [-0.2, 0) is 11.2 Å². The van der Waals surface area contributed by atoms with Gasteiger partial charge in [0.1, 0.15) is 5.75 Å². The van der Waals surface area contributed by atoms with Crippen LogP contribution >= 0.6 is 0 Å². The molecule has 0 amide bonds. The van der Waals surface area contributed by atoms with E-state index in [1.165, 1.54) is 5.56 Å². The summed E-state index contributed by atoms with van der Waals surface area (Å²) in [5.41, 5.74) is 2.29. The van der Waals surface area contributed by atoms with Crippen LogP contribution in [0.5, 0.6) is 5.75 Å². The zero-order valence-electron chi connectivity index (χ0n) is 12.9. The first kappa shape index (κ1) is 14.8. The van der Waals surface area contributed by atoms with E-state index in [4.69, 9.17) is 9.47 Å². The molecule has 2 aliphatic rings. The summed E-state index contributed by atoms with van der Waals surface area (Å²) in [6.45, 7) is 4.66. The second-order valence-electron chi connectivity index (χ2n) is 5.99. The molecule has 116 valence electrons. The fraction of sp³-hybridized carbons (Fsp3) is 0.647. The largest absolute Gasteiger partial charge is 0.497 e. The summed E-state index contributed by atoms with van der Waals surface area (Å²) >= 11 is 0. The summed E-state index contributed by atoms with van der Waals surface area (Å²) in [4.78, 5) is 2.45. The maximum Gasteiger partial charge on any atom is 0.119 e. The van der Waals surface area contributed by atoms with Crippen molar-refractivity contribution in [3.63, 3.8) is 0 Å². The van der Waals surface area contributed by atoms with Gasteiger partial charge in [0.2, 0.25) is 0 Å². The van der Waals surface area contributed by atoms with Crippen molar-refractivity contribution in [2.24, 2.45) is 0 Å². The van der Waals surface area contributed by atoms with Gasteiger partial charge in [0.05, 0.1) is 26.4 Å². The molecule has 0 aromatic heterocycles. The minimum absolute atomic E-state index is 0.193. The predicted molar refractivity (Wildman–Crippen MR) is 81.7 cm³/mol. The summed E-state index contributed by atoms with van der Waals surface area (Å²) in [6.07, 6.45) is 2.66. The molecule has 1 aliphatic heterocycles. The smallest absolute Gasteiger partial charge is 0.119 e. The predicted octanol–water partition coefficient (Wildman–Crippen LogP) is 2.15. The number of aliphatic hydroxyl groups is 1. The van der Waals surface area contributed by atoms with Crippen LogP contribution in [-0.4, -0.2) is 49.0 Å². The van der Waals surface area contributed by atoms with Crippen LogP contribution in [0.15, 0.2) is 18.2 Å². The molecule has 0 spiro atoms. The summed E-state index contributed by atoms with van der Waals surface area (Å²) < 4.78 is 10.9. The summed E-state index contributed by atoms with van der Waals surface area (Å²) in [6, 6.07) is 6.68. The molecule has 21 heavy (non-hydrogen) atoms. The van der Waals surface area contributed by atoms with Crippen molar-refractivity contribution in [2.45, 2.75) is 44.4 Å². The Hall–Kier alpha value is -1.10. The van der Waals surface area contributed by atoms with Crippen molar-refractivity contribution in [1.82, 2.24) is 4.90 Å². The first-order chi connectivity index (χ1) is 10.2. The van der Waals surface area contributed by atoms with Crippen molar-refractivity contribution in [3.05, 3.63) is 29.3 Å². The zero-order chi connectivity index (χ0) is 14.8. The number of benzene rings is 1. The Bertz CT molecular complexity index is 491. The van der Waals surface area contributed by atoms with Crippen LogP contribution < -0.4 is 4.74 Å². The summed E-state index contributed by atoms with van der Waals surface area (Å²) in [7, 11) is 1.67. The Labute approximate surface area is 126 Å². The van der Waals surface area contributed by atoms with Crippen LogP contribution in [0.4, 0.5) is 0 Å². The van der Waals surface area contributed by atoms with Gasteiger partial charge in [0, 0.05) is 18.6 Å². The maximum atomic E-state index is 10.9. The molecule has 3 unspecified atom stereocenters. The molecular weight excluding hydrogens is 266 g/mol. The van der Waals surface area contributed by atoms with Gasteiger partial charge in [0.15, 0.2) is 0 Å². The highest BCUT2D eigenvalue weighted by molar-refractivity contribution is 5.39. The standard InChI is InChI=1S/C17H25NO3/c1-3-13-11-21-9-8-18(13)16-7-5-12-4-6-14(20-2)10-15(12)17(16)19/h4,6,10,13,16-17,19H,3,5,7-9,11H2,1-2H3. The van der Waals surface area contributed by atoms with Crippen molar-refractivity contribution in [3.8, 4) is 5.75 Å². The molecule has 1 aromatic carbocycles. The number of hydrogen-bond acceptors (Lipinski definition) is 4. The highest BCUT2D eigenvalue weighted by atomic mass is 16.5. The molecule has 3 rings (SSSR count). The lowest BCUT2D eigenvalue weighted by atomic mass is 9.84. The van der Waals surface area contributed by atoms with Crippen molar-refractivity contribution >= 4 is 0 Å². The van der Waals surface area contributed by atoms with Gasteiger partial charge in [0.25, 0.3) is 0 Å². The molecule has 1 fully saturated rings. The fourth-order valence-electron chi connectivity index (χ4n) is 3.68.